The maximum atomic E-state index is 12.5. The first-order valence-electron chi connectivity index (χ1n) is 9.63. The van der Waals surface area contributed by atoms with E-state index in [9.17, 15) is 19.7 Å². The Bertz CT molecular complexity index is 1090. The average molecular weight is 395 g/mol. The number of nitrogens with one attached hydrogen (secondary N) is 1. The lowest BCUT2D eigenvalue weighted by Gasteiger charge is -2.29. The van der Waals surface area contributed by atoms with Crippen LogP contribution in [0.1, 0.15) is 37.2 Å². The number of nitro groups is 1. The van der Waals surface area contributed by atoms with Crippen LogP contribution in [0.25, 0.3) is 11.1 Å². The lowest BCUT2D eigenvalue weighted by atomic mass is 9.82. The lowest BCUT2D eigenvalue weighted by Crippen LogP contribution is -2.40. The molecule has 8 heteroatoms. The number of rotatable bonds is 5. The zero-order valence-electron chi connectivity index (χ0n) is 15.7. The first-order valence-corrected chi connectivity index (χ1v) is 9.63. The third-order valence-corrected chi connectivity index (χ3v) is 5.53. The topological polar surface area (TPSA) is 107 Å². The van der Waals surface area contributed by atoms with E-state index < -0.39 is 10.7 Å². The molecule has 1 aliphatic rings. The van der Waals surface area contributed by atoms with E-state index in [1.54, 1.807) is 0 Å². The molecule has 2 aromatic carbocycles. The number of hydrogen-bond acceptors (Lipinski definition) is 5. The zero-order valence-corrected chi connectivity index (χ0v) is 15.7. The van der Waals surface area contributed by atoms with Crippen molar-refractivity contribution in [3.63, 3.8) is 0 Å². The number of amides is 1. The van der Waals surface area contributed by atoms with Crippen LogP contribution in [0.5, 0.6) is 0 Å². The maximum Gasteiger partial charge on any atom is 0.420 e. The standard InChI is InChI=1S/C21H21N3O5/c25-20(22-16-8-6-15(7-9-16)14-4-2-1-3-5-14)13-23-18-11-10-17(24(27)28)12-19(18)29-21(23)26/h1-5,10-12,15-16H,6-9,13H2,(H,22,25). The second-order valence-electron chi connectivity index (χ2n) is 7.39. The molecule has 4 rings (SSSR count). The van der Waals surface area contributed by atoms with Crippen molar-refractivity contribution in [2.45, 2.75) is 44.2 Å². The van der Waals surface area contributed by atoms with Gasteiger partial charge in [0.1, 0.15) is 6.54 Å². The van der Waals surface area contributed by atoms with Crippen LogP contribution in [0, 0.1) is 10.1 Å². The monoisotopic (exact) mass is 395 g/mol. The Kier molecular flexibility index (Phi) is 5.16. The SMILES string of the molecule is O=C(Cn1c(=O)oc2cc([N+](=O)[O-])ccc21)NC1CCC(c2ccccc2)CC1. The summed E-state index contributed by atoms with van der Waals surface area (Å²) < 4.78 is 6.27. The molecular formula is C21H21N3O5. The fourth-order valence-electron chi connectivity index (χ4n) is 4.03. The maximum absolute atomic E-state index is 12.5. The van der Waals surface area contributed by atoms with Gasteiger partial charge in [-0.2, -0.15) is 0 Å². The summed E-state index contributed by atoms with van der Waals surface area (Å²) in [6.07, 6.45) is 3.79. The first kappa shape index (κ1) is 18.9. The van der Waals surface area contributed by atoms with Crippen molar-refractivity contribution in [1.82, 2.24) is 9.88 Å². The molecule has 1 aliphatic carbocycles. The molecule has 1 amide bonds. The van der Waals surface area contributed by atoms with E-state index in [0.717, 1.165) is 25.7 Å². The minimum atomic E-state index is -0.705. The summed E-state index contributed by atoms with van der Waals surface area (Å²) in [6, 6.07) is 14.4. The Hall–Kier alpha value is -3.42. The quantitative estimate of drug-likeness (QED) is 0.527. The van der Waals surface area contributed by atoms with Gasteiger partial charge in [0.15, 0.2) is 5.58 Å². The molecule has 150 valence electrons. The highest BCUT2D eigenvalue weighted by atomic mass is 16.6. The van der Waals surface area contributed by atoms with Gasteiger partial charge >= 0.3 is 5.76 Å². The number of hydrogen-bond donors (Lipinski definition) is 1. The van der Waals surface area contributed by atoms with Crippen LogP contribution in [0.15, 0.2) is 57.7 Å². The Balaban J connectivity index is 1.39. The molecule has 0 saturated heterocycles. The molecule has 0 spiro atoms. The molecule has 1 aromatic heterocycles. The number of aromatic nitrogens is 1. The summed E-state index contributed by atoms with van der Waals surface area (Å²) in [7, 11) is 0. The van der Waals surface area contributed by atoms with Crippen molar-refractivity contribution in [1.29, 1.82) is 0 Å². The molecule has 0 bridgehead atoms. The minimum absolute atomic E-state index is 0.0809. The van der Waals surface area contributed by atoms with Gasteiger partial charge in [-0.15, -0.1) is 0 Å². The number of nitro benzene ring substituents is 1. The fourth-order valence-corrected chi connectivity index (χ4v) is 4.03. The molecule has 1 N–H and O–H groups in total. The van der Waals surface area contributed by atoms with E-state index in [1.807, 2.05) is 18.2 Å². The molecule has 8 nitrogen and oxygen atoms in total. The van der Waals surface area contributed by atoms with Gasteiger partial charge in [-0.05, 0) is 43.2 Å². The number of non-ortho nitro benzene ring substituents is 1. The summed E-state index contributed by atoms with van der Waals surface area (Å²) in [5, 5.41) is 13.9. The summed E-state index contributed by atoms with van der Waals surface area (Å²) >= 11 is 0. The molecule has 0 aliphatic heterocycles. The summed E-state index contributed by atoms with van der Waals surface area (Å²) in [5.74, 6) is -0.458. The predicted molar refractivity (Wildman–Crippen MR) is 107 cm³/mol. The molecule has 3 aromatic rings. The van der Waals surface area contributed by atoms with Gasteiger partial charge in [-0.1, -0.05) is 30.3 Å². The van der Waals surface area contributed by atoms with Crippen molar-refractivity contribution < 1.29 is 14.1 Å². The Morgan fingerprint density at radius 1 is 1.14 bits per heavy atom. The van der Waals surface area contributed by atoms with Crippen molar-refractivity contribution in [3.8, 4) is 0 Å². The summed E-state index contributed by atoms with van der Waals surface area (Å²) in [4.78, 5) is 34.9. The van der Waals surface area contributed by atoms with Gasteiger partial charge < -0.3 is 9.73 Å². The number of oxazole rings is 1. The molecule has 0 radical (unpaired) electrons. The molecule has 0 unspecified atom stereocenters. The normalized spacial score (nSPS) is 19.2. The number of carbonyl (C=O) groups is 1. The average Bonchev–Trinajstić information content (AvgIpc) is 3.03. The number of nitrogens with zero attached hydrogens (tertiary/aromatic N) is 2. The van der Waals surface area contributed by atoms with Gasteiger partial charge in [0.2, 0.25) is 5.91 Å². The number of fused-ring (bicyclic) bond motifs is 1. The van der Waals surface area contributed by atoms with Gasteiger partial charge in [-0.25, -0.2) is 4.79 Å². The molecule has 1 saturated carbocycles. The van der Waals surface area contributed by atoms with Crippen LogP contribution in [-0.4, -0.2) is 21.4 Å². The van der Waals surface area contributed by atoms with Crippen LogP contribution in [0.4, 0.5) is 5.69 Å². The van der Waals surface area contributed by atoms with Crippen LogP contribution in [-0.2, 0) is 11.3 Å². The molecule has 1 heterocycles. The van der Waals surface area contributed by atoms with Crippen LogP contribution in [0.3, 0.4) is 0 Å². The first-order chi connectivity index (χ1) is 14.0. The Morgan fingerprint density at radius 3 is 2.55 bits per heavy atom. The van der Waals surface area contributed by atoms with Gasteiger partial charge in [0.25, 0.3) is 5.69 Å². The minimum Gasteiger partial charge on any atom is -0.407 e. The third kappa shape index (κ3) is 4.06. The molecular weight excluding hydrogens is 374 g/mol. The summed E-state index contributed by atoms with van der Waals surface area (Å²) in [6.45, 7) is -0.178. The highest BCUT2D eigenvalue weighted by Gasteiger charge is 2.24. The number of carbonyl (C=O) groups excluding carboxylic acids is 1. The Labute approximate surface area is 166 Å². The fraction of sp³-hybridized carbons (Fsp3) is 0.333. The van der Waals surface area contributed by atoms with E-state index >= 15 is 0 Å². The smallest absolute Gasteiger partial charge is 0.407 e. The van der Waals surface area contributed by atoms with E-state index in [2.05, 4.69) is 17.4 Å². The van der Waals surface area contributed by atoms with Crippen LogP contribution < -0.4 is 11.1 Å². The van der Waals surface area contributed by atoms with Gasteiger partial charge in [0, 0.05) is 12.1 Å². The van der Waals surface area contributed by atoms with Crippen LogP contribution >= 0.6 is 0 Å². The molecule has 0 atom stereocenters. The van der Waals surface area contributed by atoms with E-state index in [0.29, 0.717) is 11.4 Å². The van der Waals surface area contributed by atoms with Crippen LogP contribution in [0.2, 0.25) is 0 Å². The van der Waals surface area contributed by atoms with Crippen molar-refractivity contribution in [2.75, 3.05) is 0 Å². The van der Waals surface area contributed by atoms with E-state index in [1.165, 1.54) is 28.3 Å². The third-order valence-electron chi connectivity index (χ3n) is 5.53. The summed E-state index contributed by atoms with van der Waals surface area (Å²) in [5.41, 5.74) is 1.63. The Morgan fingerprint density at radius 2 is 1.86 bits per heavy atom. The largest absolute Gasteiger partial charge is 0.420 e. The van der Waals surface area contributed by atoms with Crippen molar-refractivity contribution in [2.24, 2.45) is 0 Å². The van der Waals surface area contributed by atoms with E-state index in [4.69, 9.17) is 4.42 Å². The lowest BCUT2D eigenvalue weighted by molar-refractivity contribution is -0.384. The zero-order chi connectivity index (χ0) is 20.4. The molecule has 29 heavy (non-hydrogen) atoms. The molecule has 1 fully saturated rings. The second-order valence-corrected chi connectivity index (χ2v) is 7.39. The second kappa shape index (κ2) is 7.90. The predicted octanol–water partition coefficient (Wildman–Crippen LogP) is 3.35. The van der Waals surface area contributed by atoms with Crippen molar-refractivity contribution >= 4 is 22.7 Å². The highest BCUT2D eigenvalue weighted by molar-refractivity contribution is 5.80. The van der Waals surface area contributed by atoms with Gasteiger partial charge in [0.05, 0.1) is 16.5 Å². The highest BCUT2D eigenvalue weighted by Crippen LogP contribution is 2.32. The van der Waals surface area contributed by atoms with E-state index in [-0.39, 0.29) is 29.8 Å². The van der Waals surface area contributed by atoms with Crippen molar-refractivity contribution in [3.05, 3.63) is 74.8 Å². The number of benzene rings is 2. The van der Waals surface area contributed by atoms with Gasteiger partial charge in [-0.3, -0.25) is 19.5 Å².